The largest absolute Gasteiger partial charge is 0.341 e. The molecule has 0 saturated carbocycles. The van der Waals surface area contributed by atoms with Gasteiger partial charge in [-0.3, -0.25) is 0 Å². The van der Waals surface area contributed by atoms with E-state index in [-0.39, 0.29) is 4.47 Å². The van der Waals surface area contributed by atoms with E-state index in [9.17, 15) is 8.78 Å². The SMILES string of the molecule is CNCc1cnc(-c2ccc(F)c(F)c2Br)[nH]1. The smallest absolute Gasteiger partial charge is 0.173 e. The van der Waals surface area contributed by atoms with Crippen LogP contribution in [0.15, 0.2) is 22.8 Å². The van der Waals surface area contributed by atoms with Crippen LogP contribution in [0, 0.1) is 11.6 Å². The number of nitrogens with one attached hydrogen (secondary N) is 2. The van der Waals surface area contributed by atoms with Gasteiger partial charge in [-0.15, -0.1) is 0 Å². The van der Waals surface area contributed by atoms with Crippen molar-refractivity contribution in [1.29, 1.82) is 0 Å². The fraction of sp³-hybridized carbons (Fsp3) is 0.182. The highest BCUT2D eigenvalue weighted by Crippen LogP contribution is 2.29. The van der Waals surface area contributed by atoms with Crippen molar-refractivity contribution in [2.45, 2.75) is 6.54 Å². The van der Waals surface area contributed by atoms with Crippen LogP contribution in [0.4, 0.5) is 8.78 Å². The Bertz CT molecular complexity index is 540. The fourth-order valence-corrected chi connectivity index (χ4v) is 1.99. The molecule has 17 heavy (non-hydrogen) atoms. The first kappa shape index (κ1) is 12.2. The third kappa shape index (κ3) is 2.37. The minimum Gasteiger partial charge on any atom is -0.341 e. The summed E-state index contributed by atoms with van der Waals surface area (Å²) in [5, 5.41) is 2.97. The number of hydrogen-bond donors (Lipinski definition) is 2. The van der Waals surface area contributed by atoms with Crippen LogP contribution in [0.3, 0.4) is 0 Å². The third-order valence-corrected chi connectivity index (χ3v) is 3.06. The number of hydrogen-bond acceptors (Lipinski definition) is 2. The van der Waals surface area contributed by atoms with Crippen molar-refractivity contribution in [2.24, 2.45) is 0 Å². The highest BCUT2D eigenvalue weighted by atomic mass is 79.9. The zero-order chi connectivity index (χ0) is 12.4. The molecule has 0 radical (unpaired) electrons. The molecule has 0 atom stereocenters. The van der Waals surface area contributed by atoms with Crippen molar-refractivity contribution < 1.29 is 8.78 Å². The van der Waals surface area contributed by atoms with Crippen LogP contribution in [0.25, 0.3) is 11.4 Å². The molecule has 0 fully saturated rings. The van der Waals surface area contributed by atoms with E-state index in [2.05, 4.69) is 31.2 Å². The lowest BCUT2D eigenvalue weighted by Crippen LogP contribution is -2.04. The monoisotopic (exact) mass is 301 g/mol. The fourth-order valence-electron chi connectivity index (χ4n) is 1.49. The Morgan fingerprint density at radius 3 is 2.88 bits per heavy atom. The van der Waals surface area contributed by atoms with Crippen molar-refractivity contribution in [1.82, 2.24) is 15.3 Å². The minimum absolute atomic E-state index is 0.0721. The van der Waals surface area contributed by atoms with Gasteiger partial charge in [0.05, 0.1) is 4.47 Å². The second kappa shape index (κ2) is 4.93. The average molecular weight is 302 g/mol. The molecule has 0 bridgehead atoms. The highest BCUT2D eigenvalue weighted by molar-refractivity contribution is 9.10. The van der Waals surface area contributed by atoms with E-state index in [1.165, 1.54) is 6.07 Å². The summed E-state index contributed by atoms with van der Waals surface area (Å²) in [7, 11) is 1.81. The quantitative estimate of drug-likeness (QED) is 0.856. The van der Waals surface area contributed by atoms with Crippen molar-refractivity contribution in [2.75, 3.05) is 7.05 Å². The molecule has 90 valence electrons. The summed E-state index contributed by atoms with van der Waals surface area (Å²) in [6.45, 7) is 0.633. The lowest BCUT2D eigenvalue weighted by atomic mass is 10.2. The summed E-state index contributed by atoms with van der Waals surface area (Å²) in [4.78, 5) is 7.15. The van der Waals surface area contributed by atoms with Crippen molar-refractivity contribution in [3.05, 3.63) is 40.1 Å². The lowest BCUT2D eigenvalue weighted by molar-refractivity contribution is 0.504. The highest BCUT2D eigenvalue weighted by Gasteiger charge is 2.14. The third-order valence-electron chi connectivity index (χ3n) is 2.29. The molecule has 2 N–H and O–H groups in total. The topological polar surface area (TPSA) is 40.7 Å². The first-order valence-electron chi connectivity index (χ1n) is 4.96. The maximum atomic E-state index is 13.4. The minimum atomic E-state index is -0.908. The molecule has 2 rings (SSSR count). The van der Waals surface area contributed by atoms with Crippen LogP contribution in [0.2, 0.25) is 0 Å². The number of halogens is 3. The van der Waals surface area contributed by atoms with Crippen LogP contribution >= 0.6 is 15.9 Å². The number of imidazole rings is 1. The van der Waals surface area contributed by atoms with Crippen LogP contribution in [-0.2, 0) is 6.54 Å². The number of rotatable bonds is 3. The summed E-state index contributed by atoms with van der Waals surface area (Å²) >= 11 is 3.03. The number of nitrogens with zero attached hydrogens (tertiary/aromatic N) is 1. The maximum absolute atomic E-state index is 13.4. The molecule has 0 aliphatic heterocycles. The van der Waals surface area contributed by atoms with Gasteiger partial charge in [-0.1, -0.05) is 0 Å². The predicted octanol–water partition coefficient (Wildman–Crippen LogP) is 2.84. The van der Waals surface area contributed by atoms with Gasteiger partial charge in [0.1, 0.15) is 5.82 Å². The second-order valence-electron chi connectivity index (χ2n) is 3.51. The van der Waals surface area contributed by atoms with Gasteiger partial charge >= 0.3 is 0 Å². The molecule has 3 nitrogen and oxygen atoms in total. The molecule has 0 amide bonds. The Hall–Kier alpha value is -1.27. The van der Waals surface area contributed by atoms with Gasteiger partial charge < -0.3 is 10.3 Å². The molecule has 0 aliphatic carbocycles. The Kier molecular flexibility index (Phi) is 3.54. The molecular weight excluding hydrogens is 292 g/mol. The van der Waals surface area contributed by atoms with E-state index in [0.29, 0.717) is 17.9 Å². The number of aromatic amines is 1. The number of benzene rings is 1. The van der Waals surface area contributed by atoms with Gasteiger partial charge in [-0.25, -0.2) is 13.8 Å². The van der Waals surface area contributed by atoms with E-state index in [1.807, 2.05) is 7.05 Å². The first-order chi connectivity index (χ1) is 8.13. The molecule has 1 heterocycles. The van der Waals surface area contributed by atoms with Crippen LogP contribution in [0.1, 0.15) is 5.69 Å². The van der Waals surface area contributed by atoms with Crippen LogP contribution in [-0.4, -0.2) is 17.0 Å². The van der Waals surface area contributed by atoms with Crippen molar-refractivity contribution in [3.8, 4) is 11.4 Å². The molecule has 0 saturated heterocycles. The summed E-state index contributed by atoms with van der Waals surface area (Å²) in [6, 6.07) is 2.56. The zero-order valence-electron chi connectivity index (χ0n) is 9.02. The summed E-state index contributed by atoms with van der Waals surface area (Å²) < 4.78 is 26.4. The molecular formula is C11H10BrF2N3. The Morgan fingerprint density at radius 1 is 1.41 bits per heavy atom. The molecule has 2 aromatic rings. The van der Waals surface area contributed by atoms with E-state index in [4.69, 9.17) is 0 Å². The lowest BCUT2D eigenvalue weighted by Gasteiger charge is -2.03. The molecule has 0 aliphatic rings. The predicted molar refractivity (Wildman–Crippen MR) is 64.4 cm³/mol. The van der Waals surface area contributed by atoms with Gasteiger partial charge in [-0.2, -0.15) is 0 Å². The van der Waals surface area contributed by atoms with Crippen molar-refractivity contribution >= 4 is 15.9 Å². The summed E-state index contributed by atoms with van der Waals surface area (Å²) in [5.41, 5.74) is 1.37. The summed E-state index contributed by atoms with van der Waals surface area (Å²) in [5.74, 6) is -1.29. The Morgan fingerprint density at radius 2 is 2.18 bits per heavy atom. The zero-order valence-corrected chi connectivity index (χ0v) is 10.6. The van der Waals surface area contributed by atoms with Crippen LogP contribution < -0.4 is 5.32 Å². The standard InChI is InChI=1S/C11H10BrF2N3/c1-15-4-6-5-16-11(17-6)7-2-3-8(13)10(14)9(7)12/h2-3,5,15H,4H2,1H3,(H,16,17). The second-order valence-corrected chi connectivity index (χ2v) is 4.30. The average Bonchev–Trinajstić information content (AvgIpc) is 2.75. The first-order valence-corrected chi connectivity index (χ1v) is 5.75. The number of H-pyrrole nitrogens is 1. The maximum Gasteiger partial charge on any atom is 0.173 e. The van der Waals surface area contributed by atoms with E-state index in [1.54, 1.807) is 6.20 Å². The molecule has 1 aromatic carbocycles. The van der Waals surface area contributed by atoms with E-state index in [0.717, 1.165) is 11.8 Å². The molecule has 0 unspecified atom stereocenters. The normalized spacial score (nSPS) is 10.8. The van der Waals surface area contributed by atoms with Gasteiger partial charge in [0.15, 0.2) is 11.6 Å². The van der Waals surface area contributed by atoms with Gasteiger partial charge in [-0.05, 0) is 35.1 Å². The Balaban J connectivity index is 2.42. The van der Waals surface area contributed by atoms with E-state index >= 15 is 0 Å². The molecule has 6 heteroatoms. The van der Waals surface area contributed by atoms with Gasteiger partial charge in [0.25, 0.3) is 0 Å². The number of aromatic nitrogens is 2. The van der Waals surface area contributed by atoms with Gasteiger partial charge in [0, 0.05) is 24.0 Å². The van der Waals surface area contributed by atoms with Crippen molar-refractivity contribution in [3.63, 3.8) is 0 Å². The van der Waals surface area contributed by atoms with Gasteiger partial charge in [0.2, 0.25) is 0 Å². The van der Waals surface area contributed by atoms with E-state index < -0.39 is 11.6 Å². The molecule has 0 spiro atoms. The Labute approximate surface area is 105 Å². The van der Waals surface area contributed by atoms with Crippen LogP contribution in [0.5, 0.6) is 0 Å². The molecule has 1 aromatic heterocycles. The summed E-state index contributed by atoms with van der Waals surface area (Å²) in [6.07, 6.45) is 1.65.